The summed E-state index contributed by atoms with van der Waals surface area (Å²) in [7, 11) is 0. The van der Waals surface area contributed by atoms with Gasteiger partial charge in [0, 0.05) is 0 Å². The first-order valence-electron chi connectivity index (χ1n) is 4.28. The molecule has 1 nitrogen and oxygen atoms in total. The number of nitrogens with zero attached hydrogens (tertiary/aromatic N) is 1. The molecule has 0 amide bonds. The van der Waals surface area contributed by atoms with Gasteiger partial charge in [0.05, 0.1) is 11.6 Å². The molecule has 0 aliphatic heterocycles. The molecule has 0 N–H and O–H groups in total. The lowest BCUT2D eigenvalue weighted by molar-refractivity contribution is 0.867. The van der Waals surface area contributed by atoms with Crippen molar-refractivity contribution in [3.63, 3.8) is 0 Å². The highest BCUT2D eigenvalue weighted by atomic mass is 14.2. The Kier molecular flexibility index (Phi) is 3.35. The number of rotatable bonds is 0. The summed E-state index contributed by atoms with van der Waals surface area (Å²) >= 11 is 0. The molecule has 1 heteroatoms. The lowest BCUT2D eigenvalue weighted by atomic mass is 10.1. The lowest BCUT2D eigenvalue weighted by Gasteiger charge is -1.95. The van der Waals surface area contributed by atoms with Crippen molar-refractivity contribution in [2.45, 2.75) is 26.2 Å². The van der Waals surface area contributed by atoms with E-state index in [0.29, 0.717) is 0 Å². The highest BCUT2D eigenvalue weighted by molar-refractivity contribution is 5.42. The Bertz CT molecular complexity index is 274. The Morgan fingerprint density at radius 2 is 2.25 bits per heavy atom. The molecular formula is C11H13N. The molecule has 62 valence electrons. The maximum Gasteiger partial charge on any atom is 0.0991 e. The van der Waals surface area contributed by atoms with Gasteiger partial charge in [-0.25, -0.2) is 0 Å². The highest BCUT2D eigenvalue weighted by Crippen LogP contribution is 2.13. The molecule has 0 saturated heterocycles. The molecule has 0 unspecified atom stereocenters. The van der Waals surface area contributed by atoms with Gasteiger partial charge in [0.2, 0.25) is 0 Å². The van der Waals surface area contributed by atoms with Crippen molar-refractivity contribution in [1.29, 1.82) is 5.26 Å². The van der Waals surface area contributed by atoms with Crippen LogP contribution in [0, 0.1) is 11.3 Å². The average molecular weight is 159 g/mol. The van der Waals surface area contributed by atoms with E-state index in [1.165, 1.54) is 0 Å². The van der Waals surface area contributed by atoms with E-state index < -0.39 is 0 Å². The van der Waals surface area contributed by atoms with Crippen molar-refractivity contribution in [2.75, 3.05) is 0 Å². The molecule has 0 atom stereocenters. The smallest absolute Gasteiger partial charge is 0.0991 e. The summed E-state index contributed by atoms with van der Waals surface area (Å²) in [6.45, 7) is 1.98. The first-order chi connectivity index (χ1) is 5.84. The van der Waals surface area contributed by atoms with E-state index in [1.54, 1.807) is 0 Å². The normalized spacial score (nSPS) is 20.7. The van der Waals surface area contributed by atoms with Gasteiger partial charge in [0.1, 0.15) is 0 Å². The van der Waals surface area contributed by atoms with Gasteiger partial charge in [-0.05, 0) is 31.8 Å². The molecule has 1 rings (SSSR count). The van der Waals surface area contributed by atoms with Crippen molar-refractivity contribution in [1.82, 2.24) is 0 Å². The molecule has 0 fully saturated rings. The van der Waals surface area contributed by atoms with Gasteiger partial charge in [-0.2, -0.15) is 5.26 Å². The molecule has 1 aliphatic carbocycles. The third-order valence-corrected chi connectivity index (χ3v) is 1.95. The van der Waals surface area contributed by atoms with Crippen LogP contribution in [0.15, 0.2) is 35.5 Å². The molecule has 0 radical (unpaired) electrons. The largest absolute Gasteiger partial charge is 0.192 e. The molecule has 0 heterocycles. The van der Waals surface area contributed by atoms with E-state index in [9.17, 15) is 0 Å². The topological polar surface area (TPSA) is 23.8 Å². The van der Waals surface area contributed by atoms with E-state index in [0.717, 1.165) is 30.4 Å². The Balaban J connectivity index is 2.88. The quantitative estimate of drug-likeness (QED) is 0.532. The van der Waals surface area contributed by atoms with Crippen LogP contribution in [0.5, 0.6) is 0 Å². The molecule has 0 aromatic carbocycles. The summed E-state index contributed by atoms with van der Waals surface area (Å²) in [5.74, 6) is 0. The lowest BCUT2D eigenvalue weighted by Crippen LogP contribution is -1.80. The minimum Gasteiger partial charge on any atom is -0.192 e. The van der Waals surface area contributed by atoms with Crippen LogP contribution >= 0.6 is 0 Å². The van der Waals surface area contributed by atoms with E-state index >= 15 is 0 Å². The maximum atomic E-state index is 8.79. The van der Waals surface area contributed by atoms with Gasteiger partial charge >= 0.3 is 0 Å². The number of nitriles is 1. The molecule has 0 bridgehead atoms. The average Bonchev–Trinajstić information content (AvgIpc) is 2.17. The monoisotopic (exact) mass is 159 g/mol. The summed E-state index contributed by atoms with van der Waals surface area (Å²) in [4.78, 5) is 0. The molecule has 12 heavy (non-hydrogen) atoms. The van der Waals surface area contributed by atoms with Crippen LogP contribution in [0.3, 0.4) is 0 Å². The molecule has 0 aromatic heterocycles. The van der Waals surface area contributed by atoms with Gasteiger partial charge in [0.25, 0.3) is 0 Å². The summed E-state index contributed by atoms with van der Waals surface area (Å²) in [6.07, 6.45) is 11.5. The predicted molar refractivity (Wildman–Crippen MR) is 50.4 cm³/mol. The van der Waals surface area contributed by atoms with Crippen molar-refractivity contribution >= 4 is 0 Å². The molecule has 1 aliphatic rings. The fraction of sp³-hybridized carbons (Fsp3) is 0.364. The summed E-state index contributed by atoms with van der Waals surface area (Å²) in [5, 5.41) is 8.79. The van der Waals surface area contributed by atoms with Gasteiger partial charge in [0.15, 0.2) is 0 Å². The molecule has 0 aromatic rings. The Hall–Kier alpha value is -1.29. The zero-order chi connectivity index (χ0) is 8.81. The Morgan fingerprint density at radius 1 is 1.42 bits per heavy atom. The van der Waals surface area contributed by atoms with E-state index in [-0.39, 0.29) is 0 Å². The minimum absolute atomic E-state index is 0.821. The van der Waals surface area contributed by atoms with Crippen LogP contribution in [0.4, 0.5) is 0 Å². The SMILES string of the molecule is CC1=C/C=C\CCCC=C1C#N. The fourth-order valence-corrected chi connectivity index (χ4v) is 1.18. The first-order valence-corrected chi connectivity index (χ1v) is 4.28. The van der Waals surface area contributed by atoms with Crippen molar-refractivity contribution in [3.05, 3.63) is 35.5 Å². The Labute approximate surface area is 73.7 Å². The zero-order valence-corrected chi connectivity index (χ0v) is 7.38. The van der Waals surface area contributed by atoms with Gasteiger partial charge in [-0.15, -0.1) is 0 Å². The Morgan fingerprint density at radius 3 is 3.00 bits per heavy atom. The third kappa shape index (κ3) is 2.39. The van der Waals surface area contributed by atoms with Crippen LogP contribution in [0.25, 0.3) is 0 Å². The number of hydrogen-bond donors (Lipinski definition) is 0. The second-order valence-corrected chi connectivity index (χ2v) is 2.94. The van der Waals surface area contributed by atoms with Crippen LogP contribution in [-0.2, 0) is 0 Å². The maximum absolute atomic E-state index is 8.79. The van der Waals surface area contributed by atoms with E-state index in [1.807, 2.05) is 25.2 Å². The van der Waals surface area contributed by atoms with Crippen molar-refractivity contribution in [3.8, 4) is 6.07 Å². The van der Waals surface area contributed by atoms with E-state index in [4.69, 9.17) is 5.26 Å². The van der Waals surface area contributed by atoms with Gasteiger partial charge in [-0.3, -0.25) is 0 Å². The van der Waals surface area contributed by atoms with Crippen molar-refractivity contribution in [2.24, 2.45) is 0 Å². The molecule has 0 spiro atoms. The van der Waals surface area contributed by atoms with Crippen LogP contribution in [0.2, 0.25) is 0 Å². The van der Waals surface area contributed by atoms with Gasteiger partial charge < -0.3 is 0 Å². The third-order valence-electron chi connectivity index (χ3n) is 1.95. The van der Waals surface area contributed by atoms with Gasteiger partial charge in [-0.1, -0.05) is 24.3 Å². The zero-order valence-electron chi connectivity index (χ0n) is 7.38. The standard InChI is InChI=1S/C11H13N/c1-10-7-5-3-2-4-6-8-11(10)9-12/h3,5,7-8H,2,4,6H2,1H3/b5-3-,10-7?,11-8?. The minimum atomic E-state index is 0.821. The van der Waals surface area contributed by atoms with E-state index in [2.05, 4.69) is 12.1 Å². The fourth-order valence-electron chi connectivity index (χ4n) is 1.18. The predicted octanol–water partition coefficient (Wildman–Crippen LogP) is 3.12. The first kappa shape index (κ1) is 8.80. The molecular weight excluding hydrogens is 146 g/mol. The second-order valence-electron chi connectivity index (χ2n) is 2.94. The summed E-state index contributed by atoms with van der Waals surface area (Å²) in [5.41, 5.74) is 1.89. The molecule has 0 saturated carbocycles. The summed E-state index contributed by atoms with van der Waals surface area (Å²) in [6, 6.07) is 2.21. The number of allylic oxidation sites excluding steroid dienone is 6. The number of hydrogen-bond acceptors (Lipinski definition) is 1. The second kappa shape index (κ2) is 4.56. The van der Waals surface area contributed by atoms with Crippen LogP contribution < -0.4 is 0 Å². The van der Waals surface area contributed by atoms with Crippen LogP contribution in [-0.4, -0.2) is 0 Å². The highest BCUT2D eigenvalue weighted by Gasteiger charge is 1.97. The summed E-state index contributed by atoms with van der Waals surface area (Å²) < 4.78 is 0. The van der Waals surface area contributed by atoms with Crippen LogP contribution in [0.1, 0.15) is 26.2 Å². The van der Waals surface area contributed by atoms with Crippen molar-refractivity contribution < 1.29 is 0 Å².